The lowest BCUT2D eigenvalue weighted by Gasteiger charge is -2.01. The third-order valence-corrected chi connectivity index (χ3v) is 2.15. The average molecular weight is 264 g/mol. The van der Waals surface area contributed by atoms with Gasteiger partial charge in [0.05, 0.1) is 19.5 Å². The molecule has 9 heteroatoms. The van der Waals surface area contributed by atoms with E-state index in [0.29, 0.717) is 5.82 Å². The first-order chi connectivity index (χ1) is 8.61. The van der Waals surface area contributed by atoms with E-state index in [1.54, 1.807) is 0 Å². The second-order valence-corrected chi connectivity index (χ2v) is 3.57. The fourth-order valence-corrected chi connectivity index (χ4v) is 1.25. The van der Waals surface area contributed by atoms with Gasteiger partial charge in [0.25, 0.3) is 0 Å². The van der Waals surface area contributed by atoms with Gasteiger partial charge in [0.1, 0.15) is 11.3 Å². The number of hydrogen-bond donors (Lipinski definition) is 1. The van der Waals surface area contributed by atoms with Crippen LogP contribution in [0.4, 0.5) is 0 Å². The second-order valence-electron chi connectivity index (χ2n) is 3.13. The molecule has 0 unspecified atom stereocenters. The van der Waals surface area contributed by atoms with E-state index < -0.39 is 5.97 Å². The molecule has 0 aliphatic rings. The topological polar surface area (TPSA) is 109 Å². The second kappa shape index (κ2) is 4.84. The van der Waals surface area contributed by atoms with Crippen molar-refractivity contribution in [2.75, 3.05) is 7.11 Å². The zero-order chi connectivity index (χ0) is 13.1. The molecule has 0 saturated carbocycles. The van der Waals surface area contributed by atoms with Gasteiger partial charge >= 0.3 is 5.97 Å². The Bertz CT molecular complexity index is 611. The van der Waals surface area contributed by atoms with Crippen LogP contribution in [0, 0.1) is 0 Å². The quantitative estimate of drug-likeness (QED) is 0.582. The van der Waals surface area contributed by atoms with Gasteiger partial charge in [-0.1, -0.05) is 12.2 Å². The summed E-state index contributed by atoms with van der Waals surface area (Å²) in [5.74, 6) is -0.0535. The van der Waals surface area contributed by atoms with Crippen molar-refractivity contribution in [3.8, 4) is 5.82 Å². The lowest BCUT2D eigenvalue weighted by Crippen LogP contribution is -2.13. The van der Waals surface area contributed by atoms with Gasteiger partial charge in [-0.15, -0.1) is 5.10 Å². The van der Waals surface area contributed by atoms with Crippen LogP contribution in [-0.2, 0) is 4.74 Å². The molecule has 2 aromatic rings. The minimum atomic E-state index is -0.584. The predicted octanol–water partition coefficient (Wildman–Crippen LogP) is -0.522. The molecule has 2 aromatic heterocycles. The van der Waals surface area contributed by atoms with Crippen molar-refractivity contribution in [2.24, 2.45) is 5.73 Å². The van der Waals surface area contributed by atoms with E-state index >= 15 is 0 Å². The highest BCUT2D eigenvalue weighted by atomic mass is 32.1. The number of ether oxygens (including phenoxy) is 1. The summed E-state index contributed by atoms with van der Waals surface area (Å²) in [7, 11) is 1.26. The van der Waals surface area contributed by atoms with Crippen molar-refractivity contribution >= 4 is 23.2 Å². The number of aromatic nitrogens is 5. The molecule has 0 fully saturated rings. The molecular weight excluding hydrogens is 256 g/mol. The van der Waals surface area contributed by atoms with Crippen LogP contribution >= 0.6 is 12.2 Å². The first-order valence-corrected chi connectivity index (χ1v) is 5.15. The zero-order valence-electron chi connectivity index (χ0n) is 9.27. The van der Waals surface area contributed by atoms with Gasteiger partial charge in [0.2, 0.25) is 5.82 Å². The highest BCUT2D eigenvalue weighted by molar-refractivity contribution is 7.80. The Labute approximate surface area is 107 Å². The Balaban J connectivity index is 2.38. The fourth-order valence-electron chi connectivity index (χ4n) is 1.16. The molecule has 0 aliphatic heterocycles. The number of methoxy groups -OCH3 is 1. The van der Waals surface area contributed by atoms with Gasteiger partial charge in [0.15, 0.2) is 11.5 Å². The van der Waals surface area contributed by atoms with Gasteiger partial charge in [-0.05, 0) is 0 Å². The molecule has 0 amide bonds. The van der Waals surface area contributed by atoms with E-state index in [1.165, 1.54) is 30.5 Å². The van der Waals surface area contributed by atoms with Crippen molar-refractivity contribution < 1.29 is 9.53 Å². The van der Waals surface area contributed by atoms with Crippen LogP contribution in [0.3, 0.4) is 0 Å². The Kier molecular flexibility index (Phi) is 3.24. The molecule has 0 saturated heterocycles. The largest absolute Gasteiger partial charge is 0.464 e. The summed E-state index contributed by atoms with van der Waals surface area (Å²) in [6.45, 7) is 0. The molecule has 0 aromatic carbocycles. The zero-order valence-corrected chi connectivity index (χ0v) is 10.1. The average Bonchev–Trinajstić information content (AvgIpc) is 2.88. The lowest BCUT2D eigenvalue weighted by molar-refractivity contribution is 0.0593. The summed E-state index contributed by atoms with van der Waals surface area (Å²) in [5, 5.41) is 3.99. The number of rotatable bonds is 3. The minimum absolute atomic E-state index is 0.0716. The van der Waals surface area contributed by atoms with Gasteiger partial charge in [-0.3, -0.25) is 4.98 Å². The summed E-state index contributed by atoms with van der Waals surface area (Å²) in [5.41, 5.74) is 5.46. The fraction of sp³-hybridized carbons (Fsp3) is 0.111. The summed E-state index contributed by atoms with van der Waals surface area (Å²) < 4.78 is 5.86. The van der Waals surface area contributed by atoms with Crippen molar-refractivity contribution in [1.82, 2.24) is 24.7 Å². The molecule has 0 bridgehead atoms. The van der Waals surface area contributed by atoms with Gasteiger partial charge < -0.3 is 10.5 Å². The predicted molar refractivity (Wildman–Crippen MR) is 64.2 cm³/mol. The summed E-state index contributed by atoms with van der Waals surface area (Å²) >= 11 is 4.74. The molecule has 92 valence electrons. The number of esters is 1. The highest BCUT2D eigenvalue weighted by Crippen LogP contribution is 2.03. The van der Waals surface area contributed by atoms with Crippen molar-refractivity contribution in [1.29, 1.82) is 0 Å². The first kappa shape index (κ1) is 12.0. The van der Waals surface area contributed by atoms with Crippen molar-refractivity contribution in [3.63, 3.8) is 0 Å². The van der Waals surface area contributed by atoms with E-state index in [1.807, 2.05) is 0 Å². The van der Waals surface area contributed by atoms with Crippen LogP contribution < -0.4 is 5.73 Å². The van der Waals surface area contributed by atoms with Crippen LogP contribution in [0.5, 0.6) is 0 Å². The molecule has 0 atom stereocenters. The number of thiocarbonyl (C=S) groups is 1. The minimum Gasteiger partial charge on any atom is -0.464 e. The van der Waals surface area contributed by atoms with Crippen molar-refractivity contribution in [2.45, 2.75) is 0 Å². The maximum absolute atomic E-state index is 11.3. The number of hydrogen-bond acceptors (Lipinski definition) is 7. The Morgan fingerprint density at radius 1 is 1.50 bits per heavy atom. The number of nitrogens with zero attached hydrogens (tertiary/aromatic N) is 5. The lowest BCUT2D eigenvalue weighted by atomic mass is 10.4. The Hall–Kier alpha value is -2.42. The molecule has 8 nitrogen and oxygen atoms in total. The molecule has 0 aliphatic carbocycles. The van der Waals surface area contributed by atoms with Crippen LogP contribution in [0.2, 0.25) is 0 Å². The van der Waals surface area contributed by atoms with E-state index in [-0.39, 0.29) is 16.5 Å². The monoisotopic (exact) mass is 264 g/mol. The molecule has 18 heavy (non-hydrogen) atoms. The molecule has 0 spiro atoms. The molecule has 2 rings (SSSR count). The summed E-state index contributed by atoms with van der Waals surface area (Å²) in [6.07, 6.45) is 4.09. The van der Waals surface area contributed by atoms with E-state index in [4.69, 9.17) is 18.0 Å². The van der Waals surface area contributed by atoms with Gasteiger partial charge in [0, 0.05) is 0 Å². The molecular formula is C9H8N6O2S. The van der Waals surface area contributed by atoms with E-state index in [0.717, 1.165) is 0 Å². The smallest absolute Gasteiger partial charge is 0.358 e. The van der Waals surface area contributed by atoms with Crippen LogP contribution in [0.25, 0.3) is 5.82 Å². The SMILES string of the molecule is COC(=O)c1cncc(-n2cnc(C(N)=S)n2)n1. The summed E-state index contributed by atoms with van der Waals surface area (Å²) in [6, 6.07) is 0. The van der Waals surface area contributed by atoms with Gasteiger partial charge in [-0.2, -0.15) is 0 Å². The van der Waals surface area contributed by atoms with Crippen LogP contribution in [0.15, 0.2) is 18.7 Å². The first-order valence-electron chi connectivity index (χ1n) is 4.74. The Morgan fingerprint density at radius 3 is 2.89 bits per heavy atom. The highest BCUT2D eigenvalue weighted by Gasteiger charge is 2.11. The number of carbonyl (C=O) groups is 1. The third kappa shape index (κ3) is 2.30. The van der Waals surface area contributed by atoms with Gasteiger partial charge in [-0.25, -0.2) is 19.4 Å². The number of nitrogens with two attached hydrogens (primary N) is 1. The molecule has 2 N–H and O–H groups in total. The van der Waals surface area contributed by atoms with E-state index in [2.05, 4.69) is 24.8 Å². The molecule has 0 radical (unpaired) electrons. The standard InChI is InChI=1S/C9H8N6O2S/c1-17-9(16)5-2-11-3-6(13-5)15-4-12-8(14-15)7(10)18/h2-4H,1H3,(H2,10,18). The Morgan fingerprint density at radius 2 is 2.28 bits per heavy atom. The van der Waals surface area contributed by atoms with Crippen molar-refractivity contribution in [3.05, 3.63) is 30.2 Å². The maximum Gasteiger partial charge on any atom is 0.358 e. The van der Waals surface area contributed by atoms with Crippen LogP contribution in [0.1, 0.15) is 16.3 Å². The van der Waals surface area contributed by atoms with E-state index in [9.17, 15) is 4.79 Å². The normalized spacial score (nSPS) is 10.1. The maximum atomic E-state index is 11.3. The third-order valence-electron chi connectivity index (χ3n) is 1.96. The summed E-state index contributed by atoms with van der Waals surface area (Å²) in [4.78, 5) is 23.2. The molecule has 2 heterocycles. The van der Waals surface area contributed by atoms with Crippen LogP contribution in [-0.4, -0.2) is 42.8 Å². The number of carbonyl (C=O) groups excluding carboxylic acids is 1.